The molecule has 3 rings (SSSR count). The summed E-state index contributed by atoms with van der Waals surface area (Å²) in [4.78, 5) is 3.01. The van der Waals surface area contributed by atoms with Crippen LogP contribution >= 0.6 is 0 Å². The molecule has 74 valence electrons. The van der Waals surface area contributed by atoms with Gasteiger partial charge in [-0.25, -0.2) is 0 Å². The Morgan fingerprint density at radius 3 is 3.07 bits per heavy atom. The van der Waals surface area contributed by atoms with Gasteiger partial charge in [-0.2, -0.15) is 5.10 Å². The van der Waals surface area contributed by atoms with Gasteiger partial charge in [-0.15, -0.1) is 10.2 Å². The van der Waals surface area contributed by atoms with Gasteiger partial charge in [0.1, 0.15) is 0 Å². The summed E-state index contributed by atoms with van der Waals surface area (Å²) in [6.45, 7) is 0. The van der Waals surface area contributed by atoms with Gasteiger partial charge in [0.05, 0.1) is 11.9 Å². The lowest BCUT2D eigenvalue weighted by Crippen LogP contribution is -1.87. The lowest BCUT2D eigenvalue weighted by atomic mass is 10.2. The molecule has 0 fully saturated rings. The molecule has 3 aromatic heterocycles. The second-order valence-electron chi connectivity index (χ2n) is 3.41. The average Bonchev–Trinajstić information content (AvgIpc) is 2.84. The minimum absolute atomic E-state index is 0.808. The maximum absolute atomic E-state index is 4.13. The molecular weight excluding hydrogens is 190 g/mol. The standard InChI is InChI=1S/C10H9N5/c1-15-6-8(5-12-15)9-4-7-2-3-11-10(7)14-13-9/h2-6H,1H3,(H,11,14). The summed E-state index contributed by atoms with van der Waals surface area (Å²) in [5, 5.41) is 13.4. The number of rotatable bonds is 1. The molecule has 0 spiro atoms. The first kappa shape index (κ1) is 8.16. The van der Waals surface area contributed by atoms with Crippen molar-refractivity contribution >= 4 is 11.0 Å². The van der Waals surface area contributed by atoms with E-state index in [1.165, 1.54) is 0 Å². The van der Waals surface area contributed by atoms with E-state index in [2.05, 4.69) is 20.3 Å². The molecule has 15 heavy (non-hydrogen) atoms. The highest BCUT2D eigenvalue weighted by Crippen LogP contribution is 2.18. The number of hydrogen-bond acceptors (Lipinski definition) is 3. The van der Waals surface area contributed by atoms with E-state index in [0.717, 1.165) is 22.3 Å². The van der Waals surface area contributed by atoms with Gasteiger partial charge in [-0.3, -0.25) is 4.68 Å². The molecule has 3 heterocycles. The second-order valence-corrected chi connectivity index (χ2v) is 3.41. The highest BCUT2D eigenvalue weighted by atomic mass is 15.2. The van der Waals surface area contributed by atoms with E-state index in [4.69, 9.17) is 0 Å². The molecule has 5 nitrogen and oxygen atoms in total. The van der Waals surface area contributed by atoms with Gasteiger partial charge in [0.25, 0.3) is 0 Å². The van der Waals surface area contributed by atoms with Crippen LogP contribution in [0, 0.1) is 0 Å². The molecule has 0 radical (unpaired) electrons. The van der Waals surface area contributed by atoms with Crippen molar-refractivity contribution in [2.45, 2.75) is 0 Å². The van der Waals surface area contributed by atoms with Crippen LogP contribution in [0.4, 0.5) is 0 Å². The molecule has 0 bridgehead atoms. The summed E-state index contributed by atoms with van der Waals surface area (Å²) in [6.07, 6.45) is 5.55. The van der Waals surface area contributed by atoms with Gasteiger partial charge in [-0.05, 0) is 12.1 Å². The SMILES string of the molecule is Cn1cc(-c2cc3cc[nH]c3nn2)cn1. The minimum Gasteiger partial charge on any atom is -0.345 e. The van der Waals surface area contributed by atoms with Crippen LogP contribution in [-0.4, -0.2) is 25.0 Å². The number of fused-ring (bicyclic) bond motifs is 1. The Morgan fingerprint density at radius 1 is 1.33 bits per heavy atom. The Morgan fingerprint density at radius 2 is 2.27 bits per heavy atom. The quantitative estimate of drug-likeness (QED) is 0.643. The first-order valence-corrected chi connectivity index (χ1v) is 4.63. The molecule has 1 N–H and O–H groups in total. The lowest BCUT2D eigenvalue weighted by Gasteiger charge is -1.94. The van der Waals surface area contributed by atoms with Gasteiger partial charge in [0.15, 0.2) is 5.65 Å². The molecule has 0 aliphatic carbocycles. The van der Waals surface area contributed by atoms with Crippen molar-refractivity contribution in [3.05, 3.63) is 30.7 Å². The van der Waals surface area contributed by atoms with Gasteiger partial charge in [-0.1, -0.05) is 0 Å². The number of aromatic nitrogens is 5. The highest BCUT2D eigenvalue weighted by molar-refractivity contribution is 5.78. The fourth-order valence-electron chi connectivity index (χ4n) is 1.55. The fraction of sp³-hybridized carbons (Fsp3) is 0.100. The monoisotopic (exact) mass is 199 g/mol. The molecule has 0 amide bonds. The molecule has 0 aromatic carbocycles. The van der Waals surface area contributed by atoms with Gasteiger partial charge in [0, 0.05) is 30.4 Å². The van der Waals surface area contributed by atoms with Crippen molar-refractivity contribution in [3.8, 4) is 11.3 Å². The molecule has 0 aliphatic heterocycles. The first-order chi connectivity index (χ1) is 7.33. The fourth-order valence-corrected chi connectivity index (χ4v) is 1.55. The maximum Gasteiger partial charge on any atom is 0.159 e. The molecular formula is C10H9N5. The largest absolute Gasteiger partial charge is 0.345 e. The maximum atomic E-state index is 4.13. The molecule has 0 saturated carbocycles. The van der Waals surface area contributed by atoms with Crippen molar-refractivity contribution in [2.24, 2.45) is 7.05 Å². The van der Waals surface area contributed by atoms with Crippen LogP contribution in [0.15, 0.2) is 30.7 Å². The van der Waals surface area contributed by atoms with Crippen molar-refractivity contribution in [1.29, 1.82) is 0 Å². The van der Waals surface area contributed by atoms with Crippen LogP contribution in [0.3, 0.4) is 0 Å². The normalized spacial score (nSPS) is 11.0. The third kappa shape index (κ3) is 1.28. The average molecular weight is 199 g/mol. The van der Waals surface area contributed by atoms with Crippen molar-refractivity contribution in [1.82, 2.24) is 25.0 Å². The minimum atomic E-state index is 0.808. The van der Waals surface area contributed by atoms with E-state index in [-0.39, 0.29) is 0 Å². The van der Waals surface area contributed by atoms with Gasteiger partial charge >= 0.3 is 0 Å². The zero-order chi connectivity index (χ0) is 10.3. The topological polar surface area (TPSA) is 59.4 Å². The summed E-state index contributed by atoms with van der Waals surface area (Å²) in [6, 6.07) is 3.97. The highest BCUT2D eigenvalue weighted by Gasteiger charge is 2.04. The number of hydrogen-bond donors (Lipinski definition) is 1. The van der Waals surface area contributed by atoms with E-state index in [1.54, 1.807) is 10.9 Å². The Hall–Kier alpha value is -2.17. The Labute approximate surface area is 85.8 Å². The Bertz CT molecular complexity index is 607. The predicted octanol–water partition coefficient (Wildman–Crippen LogP) is 1.36. The third-order valence-electron chi connectivity index (χ3n) is 2.31. The molecule has 5 heteroatoms. The van der Waals surface area contributed by atoms with Crippen LogP contribution in [-0.2, 0) is 7.05 Å². The molecule has 0 atom stereocenters. The van der Waals surface area contributed by atoms with Crippen molar-refractivity contribution in [2.75, 3.05) is 0 Å². The first-order valence-electron chi connectivity index (χ1n) is 4.63. The van der Waals surface area contributed by atoms with Crippen LogP contribution in [0.1, 0.15) is 0 Å². The molecule has 0 saturated heterocycles. The van der Waals surface area contributed by atoms with Gasteiger partial charge < -0.3 is 4.98 Å². The summed E-state index contributed by atoms with van der Waals surface area (Å²) in [5.41, 5.74) is 2.63. The van der Waals surface area contributed by atoms with Crippen LogP contribution in [0.5, 0.6) is 0 Å². The Kier molecular flexibility index (Phi) is 1.58. The van der Waals surface area contributed by atoms with Crippen molar-refractivity contribution in [3.63, 3.8) is 0 Å². The summed E-state index contributed by atoms with van der Waals surface area (Å²) < 4.78 is 1.75. The van der Waals surface area contributed by atoms with Crippen molar-refractivity contribution < 1.29 is 0 Å². The zero-order valence-corrected chi connectivity index (χ0v) is 8.18. The number of H-pyrrole nitrogens is 1. The Balaban J connectivity index is 2.18. The molecule has 0 unspecified atom stereocenters. The van der Waals surface area contributed by atoms with E-state index in [0.29, 0.717) is 0 Å². The lowest BCUT2D eigenvalue weighted by molar-refractivity contribution is 0.768. The summed E-state index contributed by atoms with van der Waals surface area (Å²) in [5.74, 6) is 0. The van der Waals surface area contributed by atoms with Gasteiger partial charge in [0.2, 0.25) is 0 Å². The van der Waals surface area contributed by atoms with E-state index in [9.17, 15) is 0 Å². The molecule has 3 aromatic rings. The third-order valence-corrected chi connectivity index (χ3v) is 2.31. The van der Waals surface area contributed by atoms with E-state index < -0.39 is 0 Å². The van der Waals surface area contributed by atoms with Crippen LogP contribution in [0.25, 0.3) is 22.3 Å². The second kappa shape index (κ2) is 2.91. The summed E-state index contributed by atoms with van der Waals surface area (Å²) in [7, 11) is 1.88. The summed E-state index contributed by atoms with van der Waals surface area (Å²) >= 11 is 0. The zero-order valence-electron chi connectivity index (χ0n) is 8.18. The molecule has 0 aliphatic rings. The smallest absolute Gasteiger partial charge is 0.159 e. The predicted molar refractivity (Wildman–Crippen MR) is 56.1 cm³/mol. The van der Waals surface area contributed by atoms with Crippen LogP contribution in [0.2, 0.25) is 0 Å². The van der Waals surface area contributed by atoms with E-state index >= 15 is 0 Å². The van der Waals surface area contributed by atoms with Crippen LogP contribution < -0.4 is 0 Å². The number of aryl methyl sites for hydroxylation is 1. The van der Waals surface area contributed by atoms with E-state index in [1.807, 2.05) is 31.6 Å². The number of nitrogens with zero attached hydrogens (tertiary/aromatic N) is 4. The number of aromatic amines is 1. The number of nitrogens with one attached hydrogen (secondary N) is 1.